The van der Waals surface area contributed by atoms with Crippen molar-refractivity contribution in [1.82, 2.24) is 18.9 Å². The van der Waals surface area contributed by atoms with Gasteiger partial charge < -0.3 is 10.3 Å². The fourth-order valence-electron chi connectivity index (χ4n) is 2.06. The van der Waals surface area contributed by atoms with Gasteiger partial charge >= 0.3 is 5.69 Å². The number of nitrogens with zero attached hydrogens (tertiary/aromatic N) is 4. The molecule has 8 heteroatoms. The van der Waals surface area contributed by atoms with Gasteiger partial charge in [-0.1, -0.05) is 11.6 Å². The molecule has 0 bridgehead atoms. The van der Waals surface area contributed by atoms with Gasteiger partial charge in [0.25, 0.3) is 5.56 Å². The summed E-state index contributed by atoms with van der Waals surface area (Å²) < 4.78 is 4.00. The number of anilines is 1. The number of nitrogen functional groups attached to an aromatic ring is 1. The van der Waals surface area contributed by atoms with Crippen molar-refractivity contribution in [3.8, 4) is 0 Å². The zero-order valence-electron chi connectivity index (χ0n) is 11.6. The second-order valence-corrected chi connectivity index (χ2v) is 4.91. The van der Waals surface area contributed by atoms with Gasteiger partial charge in [0.05, 0.1) is 23.0 Å². The summed E-state index contributed by atoms with van der Waals surface area (Å²) in [4.78, 5) is 24.1. The van der Waals surface area contributed by atoms with Gasteiger partial charge in [-0.05, 0) is 13.8 Å². The Bertz CT molecular complexity index is 737. The zero-order chi connectivity index (χ0) is 15.0. The quantitative estimate of drug-likeness (QED) is 0.886. The molecule has 7 nitrogen and oxygen atoms in total. The number of aromatic nitrogens is 4. The second kappa shape index (κ2) is 5.16. The predicted molar refractivity (Wildman–Crippen MR) is 77.1 cm³/mol. The van der Waals surface area contributed by atoms with Crippen LogP contribution in [0.4, 0.5) is 5.69 Å². The summed E-state index contributed by atoms with van der Waals surface area (Å²) in [5.41, 5.74) is 5.95. The summed E-state index contributed by atoms with van der Waals surface area (Å²) in [6.45, 7) is 4.33. The minimum atomic E-state index is -0.523. The van der Waals surface area contributed by atoms with E-state index in [1.165, 1.54) is 10.8 Å². The van der Waals surface area contributed by atoms with Crippen LogP contribution in [-0.2, 0) is 20.1 Å². The zero-order valence-corrected chi connectivity index (χ0v) is 12.3. The molecule has 2 aromatic heterocycles. The molecule has 0 aliphatic heterocycles. The van der Waals surface area contributed by atoms with Crippen molar-refractivity contribution < 1.29 is 0 Å². The molecule has 0 aromatic carbocycles. The van der Waals surface area contributed by atoms with E-state index < -0.39 is 11.2 Å². The molecule has 0 amide bonds. The topological polar surface area (TPSA) is 87.8 Å². The minimum Gasteiger partial charge on any atom is -0.393 e. The van der Waals surface area contributed by atoms with Crippen LogP contribution in [-0.4, -0.2) is 18.9 Å². The lowest BCUT2D eigenvalue weighted by molar-refractivity contribution is 0.568. The first kappa shape index (κ1) is 14.4. The van der Waals surface area contributed by atoms with Crippen molar-refractivity contribution in [3.05, 3.63) is 43.4 Å². The lowest BCUT2D eigenvalue weighted by Crippen LogP contribution is -2.40. The smallest absolute Gasteiger partial charge is 0.331 e. The molecule has 0 aliphatic rings. The predicted octanol–water partition coefficient (Wildman–Crippen LogP) is 0.356. The summed E-state index contributed by atoms with van der Waals surface area (Å²) in [7, 11) is 1.54. The van der Waals surface area contributed by atoms with Crippen LogP contribution in [0.25, 0.3) is 0 Å². The van der Waals surface area contributed by atoms with E-state index in [0.717, 1.165) is 4.57 Å². The Balaban J connectivity index is 2.62. The Morgan fingerprint density at radius 1 is 1.40 bits per heavy atom. The van der Waals surface area contributed by atoms with E-state index in [1.807, 2.05) is 6.92 Å². The molecule has 0 atom stereocenters. The molecular weight excluding hydrogens is 282 g/mol. The third kappa shape index (κ3) is 2.24. The first-order valence-corrected chi connectivity index (χ1v) is 6.52. The number of halogens is 1. The van der Waals surface area contributed by atoms with Gasteiger partial charge in [0.1, 0.15) is 5.69 Å². The van der Waals surface area contributed by atoms with Gasteiger partial charge in [0.15, 0.2) is 0 Å². The van der Waals surface area contributed by atoms with Crippen molar-refractivity contribution >= 4 is 17.3 Å². The van der Waals surface area contributed by atoms with Crippen LogP contribution >= 0.6 is 11.6 Å². The molecular formula is C12H16ClN5O2. The van der Waals surface area contributed by atoms with Gasteiger partial charge in [0.2, 0.25) is 0 Å². The van der Waals surface area contributed by atoms with E-state index in [-0.39, 0.29) is 12.2 Å². The molecule has 0 fully saturated rings. The maximum Gasteiger partial charge on any atom is 0.331 e. The number of rotatable bonds is 3. The van der Waals surface area contributed by atoms with E-state index in [2.05, 4.69) is 5.10 Å². The van der Waals surface area contributed by atoms with Crippen molar-refractivity contribution in [1.29, 1.82) is 0 Å². The van der Waals surface area contributed by atoms with Gasteiger partial charge in [0, 0.05) is 19.8 Å². The van der Waals surface area contributed by atoms with Crippen molar-refractivity contribution in [3.63, 3.8) is 0 Å². The summed E-state index contributed by atoms with van der Waals surface area (Å²) in [6, 6.07) is 0. The minimum absolute atomic E-state index is 0.0162. The van der Waals surface area contributed by atoms with Gasteiger partial charge in [-0.25, -0.2) is 4.79 Å². The molecule has 0 spiro atoms. The number of hydrogen-bond acceptors (Lipinski definition) is 4. The van der Waals surface area contributed by atoms with Crippen molar-refractivity contribution in [2.75, 3.05) is 5.73 Å². The highest BCUT2D eigenvalue weighted by atomic mass is 35.5. The first-order chi connectivity index (χ1) is 9.36. The molecule has 0 aliphatic carbocycles. The fraction of sp³-hybridized carbons (Fsp3) is 0.417. The molecule has 2 aromatic rings. The summed E-state index contributed by atoms with van der Waals surface area (Å²) in [5, 5.41) is 4.72. The molecule has 20 heavy (non-hydrogen) atoms. The number of aryl methyl sites for hydroxylation is 3. The Morgan fingerprint density at radius 3 is 2.65 bits per heavy atom. The summed E-state index contributed by atoms with van der Waals surface area (Å²) >= 11 is 6.19. The Morgan fingerprint density at radius 2 is 2.05 bits per heavy atom. The van der Waals surface area contributed by atoms with Crippen LogP contribution in [0.5, 0.6) is 0 Å². The largest absolute Gasteiger partial charge is 0.393 e. The molecule has 108 valence electrons. The van der Waals surface area contributed by atoms with Gasteiger partial charge in [-0.15, -0.1) is 0 Å². The highest BCUT2D eigenvalue weighted by Gasteiger charge is 2.16. The Kier molecular flexibility index (Phi) is 3.71. The maximum atomic E-state index is 12.1. The Hall–Kier alpha value is -2.02. The van der Waals surface area contributed by atoms with E-state index in [4.69, 9.17) is 17.3 Å². The highest BCUT2D eigenvalue weighted by molar-refractivity contribution is 6.31. The Labute approximate surface area is 120 Å². The van der Waals surface area contributed by atoms with Crippen LogP contribution in [0.1, 0.15) is 18.3 Å². The molecule has 2 rings (SSSR count). The SMILES string of the molecule is CCn1nc(C)c(Cl)c1Cn1c(=O)c(N)cn(C)c1=O. The molecule has 0 saturated carbocycles. The van der Waals surface area contributed by atoms with Gasteiger partial charge in [-0.3, -0.25) is 14.0 Å². The van der Waals surface area contributed by atoms with Crippen molar-refractivity contribution in [2.24, 2.45) is 7.05 Å². The first-order valence-electron chi connectivity index (χ1n) is 6.14. The van der Waals surface area contributed by atoms with Crippen LogP contribution in [0.15, 0.2) is 15.8 Å². The average molecular weight is 298 g/mol. The second-order valence-electron chi connectivity index (χ2n) is 4.53. The standard InChI is InChI=1S/C12H16ClN5O2/c1-4-18-9(10(13)7(2)15-18)6-17-11(19)8(14)5-16(3)12(17)20/h5H,4,6,14H2,1-3H3. The average Bonchev–Trinajstić information content (AvgIpc) is 2.68. The lowest BCUT2D eigenvalue weighted by atomic mass is 10.3. The third-order valence-electron chi connectivity index (χ3n) is 3.12. The number of nitrogens with two attached hydrogens (primary N) is 1. The van der Waals surface area contributed by atoms with E-state index >= 15 is 0 Å². The molecule has 0 saturated heterocycles. The normalized spacial score (nSPS) is 11.0. The molecule has 0 radical (unpaired) electrons. The van der Waals surface area contributed by atoms with Crippen molar-refractivity contribution in [2.45, 2.75) is 26.9 Å². The fourth-order valence-corrected chi connectivity index (χ4v) is 2.26. The van der Waals surface area contributed by atoms with Crippen LogP contribution < -0.4 is 17.0 Å². The summed E-state index contributed by atoms with van der Waals surface area (Å²) in [6.07, 6.45) is 1.31. The van der Waals surface area contributed by atoms with Crippen LogP contribution in [0.3, 0.4) is 0 Å². The maximum absolute atomic E-state index is 12.1. The van der Waals surface area contributed by atoms with Crippen LogP contribution in [0, 0.1) is 6.92 Å². The van der Waals surface area contributed by atoms with Gasteiger partial charge in [-0.2, -0.15) is 5.10 Å². The highest BCUT2D eigenvalue weighted by Crippen LogP contribution is 2.20. The monoisotopic (exact) mass is 297 g/mol. The molecule has 2 heterocycles. The number of hydrogen-bond donors (Lipinski definition) is 1. The summed E-state index contributed by atoms with van der Waals surface area (Å²) in [5.74, 6) is 0. The van der Waals surface area contributed by atoms with Crippen LogP contribution in [0.2, 0.25) is 5.02 Å². The molecule has 0 unspecified atom stereocenters. The molecule has 2 N–H and O–H groups in total. The van der Waals surface area contributed by atoms with E-state index in [1.54, 1.807) is 18.7 Å². The van der Waals surface area contributed by atoms with E-state index in [9.17, 15) is 9.59 Å². The third-order valence-corrected chi connectivity index (χ3v) is 3.61. The van der Waals surface area contributed by atoms with E-state index in [0.29, 0.717) is 23.0 Å². The lowest BCUT2D eigenvalue weighted by Gasteiger charge is -2.10.